The Morgan fingerprint density at radius 2 is 2.25 bits per heavy atom. The third-order valence-electron chi connectivity index (χ3n) is 1.67. The van der Waals surface area contributed by atoms with Crippen LogP contribution in [0.4, 0.5) is 4.39 Å². The normalized spacial score (nSPS) is 10.8. The molecule has 0 amide bonds. The van der Waals surface area contributed by atoms with Crippen LogP contribution in [-0.4, -0.2) is 6.26 Å². The lowest BCUT2D eigenvalue weighted by atomic mass is 10.2. The van der Waals surface area contributed by atoms with Crippen molar-refractivity contribution in [2.45, 2.75) is 5.09 Å². The molecule has 0 aliphatic rings. The SMILES string of the molecule is CSc1cc2cccc(F)c2o1. The van der Waals surface area contributed by atoms with Crippen LogP contribution in [0, 0.1) is 5.82 Å². The summed E-state index contributed by atoms with van der Waals surface area (Å²) in [6, 6.07) is 6.75. The Balaban J connectivity index is 2.74. The zero-order valence-electron chi connectivity index (χ0n) is 6.50. The first-order valence-corrected chi connectivity index (χ1v) is 4.76. The quantitative estimate of drug-likeness (QED) is 0.628. The highest BCUT2D eigenvalue weighted by atomic mass is 32.2. The monoisotopic (exact) mass is 182 g/mol. The van der Waals surface area contributed by atoms with Crippen LogP contribution in [-0.2, 0) is 0 Å². The molecule has 3 heteroatoms. The van der Waals surface area contributed by atoms with E-state index in [1.54, 1.807) is 6.07 Å². The molecule has 0 spiro atoms. The average Bonchev–Trinajstić information content (AvgIpc) is 2.49. The maximum Gasteiger partial charge on any atom is 0.171 e. The largest absolute Gasteiger partial charge is 0.447 e. The lowest BCUT2D eigenvalue weighted by Gasteiger charge is -1.87. The minimum absolute atomic E-state index is 0.298. The Hall–Kier alpha value is -0.960. The van der Waals surface area contributed by atoms with E-state index in [1.165, 1.54) is 17.8 Å². The molecule has 0 saturated carbocycles. The summed E-state index contributed by atoms with van der Waals surface area (Å²) >= 11 is 1.47. The van der Waals surface area contributed by atoms with E-state index in [-0.39, 0.29) is 5.82 Å². The zero-order valence-corrected chi connectivity index (χ0v) is 7.32. The lowest BCUT2D eigenvalue weighted by Crippen LogP contribution is -1.70. The van der Waals surface area contributed by atoms with Crippen LogP contribution in [0.5, 0.6) is 0 Å². The maximum atomic E-state index is 13.0. The fourth-order valence-corrected chi connectivity index (χ4v) is 1.52. The molecule has 0 saturated heterocycles. The van der Waals surface area contributed by atoms with Gasteiger partial charge in [-0.25, -0.2) is 4.39 Å². The number of rotatable bonds is 1. The Kier molecular flexibility index (Phi) is 1.81. The van der Waals surface area contributed by atoms with Gasteiger partial charge in [0, 0.05) is 5.39 Å². The molecule has 1 heterocycles. The van der Waals surface area contributed by atoms with Gasteiger partial charge in [-0.05, 0) is 18.4 Å². The van der Waals surface area contributed by atoms with E-state index in [4.69, 9.17) is 4.42 Å². The third-order valence-corrected chi connectivity index (χ3v) is 2.28. The summed E-state index contributed by atoms with van der Waals surface area (Å²) < 4.78 is 18.3. The molecule has 0 aliphatic carbocycles. The second-order valence-corrected chi connectivity index (χ2v) is 3.24. The van der Waals surface area contributed by atoms with Gasteiger partial charge in [-0.2, -0.15) is 0 Å². The van der Waals surface area contributed by atoms with Gasteiger partial charge in [0.1, 0.15) is 0 Å². The zero-order chi connectivity index (χ0) is 8.55. The van der Waals surface area contributed by atoms with Gasteiger partial charge in [0.15, 0.2) is 16.5 Å². The van der Waals surface area contributed by atoms with Crippen LogP contribution in [0.1, 0.15) is 0 Å². The van der Waals surface area contributed by atoms with Crippen molar-refractivity contribution in [3.63, 3.8) is 0 Å². The second kappa shape index (κ2) is 2.83. The molecule has 0 N–H and O–H groups in total. The first kappa shape index (κ1) is 7.68. The molecule has 12 heavy (non-hydrogen) atoms. The van der Waals surface area contributed by atoms with E-state index < -0.39 is 0 Å². The molecule has 0 aliphatic heterocycles. The van der Waals surface area contributed by atoms with Gasteiger partial charge >= 0.3 is 0 Å². The first-order valence-electron chi connectivity index (χ1n) is 3.53. The van der Waals surface area contributed by atoms with Crippen molar-refractivity contribution < 1.29 is 8.81 Å². The van der Waals surface area contributed by atoms with E-state index in [2.05, 4.69) is 0 Å². The Morgan fingerprint density at radius 1 is 1.42 bits per heavy atom. The molecule has 2 aromatic rings. The van der Waals surface area contributed by atoms with Gasteiger partial charge < -0.3 is 4.42 Å². The van der Waals surface area contributed by atoms with Crippen LogP contribution in [0.15, 0.2) is 33.8 Å². The van der Waals surface area contributed by atoms with Gasteiger partial charge in [-0.3, -0.25) is 0 Å². The van der Waals surface area contributed by atoms with Crippen LogP contribution in [0.2, 0.25) is 0 Å². The number of hydrogen-bond acceptors (Lipinski definition) is 2. The summed E-state index contributed by atoms with van der Waals surface area (Å²) in [6.07, 6.45) is 1.90. The fourth-order valence-electron chi connectivity index (χ4n) is 1.10. The molecule has 0 fully saturated rings. The molecule has 0 bridgehead atoms. The number of para-hydroxylation sites is 1. The van der Waals surface area contributed by atoms with Crippen LogP contribution in [0.25, 0.3) is 11.0 Å². The van der Waals surface area contributed by atoms with Crippen LogP contribution in [0.3, 0.4) is 0 Å². The van der Waals surface area contributed by atoms with E-state index >= 15 is 0 Å². The molecule has 0 radical (unpaired) electrons. The van der Waals surface area contributed by atoms with Crippen molar-refractivity contribution in [1.82, 2.24) is 0 Å². The minimum Gasteiger partial charge on any atom is -0.447 e. The Morgan fingerprint density at radius 3 is 2.92 bits per heavy atom. The predicted molar refractivity (Wildman–Crippen MR) is 48.0 cm³/mol. The molecule has 62 valence electrons. The first-order chi connectivity index (χ1) is 5.81. The van der Waals surface area contributed by atoms with Crippen molar-refractivity contribution in [3.8, 4) is 0 Å². The minimum atomic E-state index is -0.298. The number of thioether (sulfide) groups is 1. The molecular weight excluding hydrogens is 175 g/mol. The summed E-state index contributed by atoms with van der Waals surface area (Å²) in [6.45, 7) is 0. The van der Waals surface area contributed by atoms with Crippen molar-refractivity contribution in [1.29, 1.82) is 0 Å². The van der Waals surface area contributed by atoms with Crippen LogP contribution >= 0.6 is 11.8 Å². The topological polar surface area (TPSA) is 13.1 Å². The lowest BCUT2D eigenvalue weighted by molar-refractivity contribution is 0.491. The van der Waals surface area contributed by atoms with Crippen LogP contribution < -0.4 is 0 Å². The van der Waals surface area contributed by atoms with Gasteiger partial charge in [0.2, 0.25) is 0 Å². The summed E-state index contributed by atoms with van der Waals surface area (Å²) in [5, 5.41) is 1.56. The highest BCUT2D eigenvalue weighted by molar-refractivity contribution is 7.98. The molecule has 1 aromatic carbocycles. The summed E-state index contributed by atoms with van der Waals surface area (Å²) in [5.74, 6) is -0.298. The standard InChI is InChI=1S/C9H7FOS/c1-12-8-5-6-3-2-4-7(10)9(6)11-8/h2-5H,1H3. The van der Waals surface area contributed by atoms with Crippen molar-refractivity contribution in [2.24, 2.45) is 0 Å². The number of hydrogen-bond donors (Lipinski definition) is 0. The van der Waals surface area contributed by atoms with E-state index in [0.29, 0.717) is 5.58 Å². The number of furan rings is 1. The third kappa shape index (κ3) is 1.10. The van der Waals surface area contributed by atoms with E-state index in [9.17, 15) is 4.39 Å². The molecule has 0 atom stereocenters. The highest BCUT2D eigenvalue weighted by Gasteiger charge is 2.05. The van der Waals surface area contributed by atoms with Crippen molar-refractivity contribution >= 4 is 22.7 Å². The van der Waals surface area contributed by atoms with Gasteiger partial charge in [0.25, 0.3) is 0 Å². The van der Waals surface area contributed by atoms with E-state index in [1.807, 2.05) is 18.4 Å². The van der Waals surface area contributed by atoms with Crippen molar-refractivity contribution in [2.75, 3.05) is 6.26 Å². The predicted octanol–water partition coefficient (Wildman–Crippen LogP) is 3.29. The second-order valence-electron chi connectivity index (χ2n) is 2.43. The van der Waals surface area contributed by atoms with Crippen molar-refractivity contribution in [3.05, 3.63) is 30.1 Å². The highest BCUT2D eigenvalue weighted by Crippen LogP contribution is 2.26. The molecule has 2 rings (SSSR count). The molecule has 1 nitrogen and oxygen atoms in total. The molecule has 1 aromatic heterocycles. The molecule has 0 unspecified atom stereocenters. The van der Waals surface area contributed by atoms with Gasteiger partial charge in [-0.15, -0.1) is 0 Å². The summed E-state index contributed by atoms with van der Waals surface area (Å²) in [5.41, 5.74) is 0.349. The van der Waals surface area contributed by atoms with Gasteiger partial charge in [-0.1, -0.05) is 23.9 Å². The Labute approximate surface area is 73.6 Å². The Bertz CT molecular complexity index is 408. The van der Waals surface area contributed by atoms with E-state index in [0.717, 1.165) is 10.5 Å². The number of halogens is 1. The maximum absolute atomic E-state index is 13.0. The number of benzene rings is 1. The summed E-state index contributed by atoms with van der Waals surface area (Å²) in [4.78, 5) is 0. The van der Waals surface area contributed by atoms with Gasteiger partial charge in [0.05, 0.1) is 0 Å². The summed E-state index contributed by atoms with van der Waals surface area (Å²) in [7, 11) is 0. The number of fused-ring (bicyclic) bond motifs is 1. The smallest absolute Gasteiger partial charge is 0.171 e. The fraction of sp³-hybridized carbons (Fsp3) is 0.111. The average molecular weight is 182 g/mol. The molecular formula is C9H7FOS.